The second-order valence-corrected chi connectivity index (χ2v) is 8.62. The number of nitrogens with two attached hydrogens (primary N) is 1. The summed E-state index contributed by atoms with van der Waals surface area (Å²) in [5, 5.41) is 11.3. The lowest BCUT2D eigenvalue weighted by molar-refractivity contribution is -0.119. The summed E-state index contributed by atoms with van der Waals surface area (Å²) in [5.74, 6) is -0.468. The van der Waals surface area contributed by atoms with E-state index in [4.69, 9.17) is 15.9 Å². The molecule has 2 heterocycles. The molecule has 9 nitrogen and oxygen atoms in total. The van der Waals surface area contributed by atoms with Crippen molar-refractivity contribution in [1.82, 2.24) is 0 Å². The number of anilines is 3. The fourth-order valence-electron chi connectivity index (χ4n) is 4.42. The summed E-state index contributed by atoms with van der Waals surface area (Å²) in [7, 11) is 1.58. The smallest absolute Gasteiger partial charge is 0.275 e. The van der Waals surface area contributed by atoms with E-state index in [1.165, 1.54) is 0 Å². The summed E-state index contributed by atoms with van der Waals surface area (Å²) in [4.78, 5) is 41.0. The zero-order valence-electron chi connectivity index (χ0n) is 19.9. The van der Waals surface area contributed by atoms with Crippen LogP contribution in [0, 0.1) is 12.3 Å². The molecular weight excluding hydrogens is 446 g/mol. The number of methoxy groups -OCH3 is 1. The molecule has 0 bridgehead atoms. The van der Waals surface area contributed by atoms with Gasteiger partial charge in [-0.15, -0.1) is 0 Å². The monoisotopic (exact) mass is 475 g/mol. The molecular formula is C26H29N5O4. The van der Waals surface area contributed by atoms with Crippen molar-refractivity contribution < 1.29 is 19.1 Å². The van der Waals surface area contributed by atoms with Gasteiger partial charge in [0.1, 0.15) is 17.2 Å². The number of carbonyl (C=O) groups excluding carboxylic acids is 3. The van der Waals surface area contributed by atoms with Crippen molar-refractivity contribution in [1.29, 1.82) is 5.41 Å². The molecule has 0 spiro atoms. The van der Waals surface area contributed by atoms with E-state index in [1.807, 2.05) is 37.3 Å². The Bertz CT molecular complexity index is 1220. The van der Waals surface area contributed by atoms with Crippen molar-refractivity contribution >= 4 is 40.5 Å². The number of amides is 3. The Morgan fingerprint density at radius 1 is 1.00 bits per heavy atom. The third kappa shape index (κ3) is 4.89. The highest BCUT2D eigenvalue weighted by Crippen LogP contribution is 2.31. The Kier molecular flexibility index (Phi) is 6.86. The number of hydrogen-bond donors (Lipinski definition) is 3. The van der Waals surface area contributed by atoms with Gasteiger partial charge in [0, 0.05) is 42.1 Å². The van der Waals surface area contributed by atoms with Crippen molar-refractivity contribution in [3.63, 3.8) is 0 Å². The number of nitrogens with zero attached hydrogens (tertiary/aromatic N) is 2. The first kappa shape index (κ1) is 24.0. The van der Waals surface area contributed by atoms with Gasteiger partial charge in [-0.3, -0.25) is 19.8 Å². The van der Waals surface area contributed by atoms with Crippen LogP contribution in [0.25, 0.3) is 0 Å². The minimum atomic E-state index is -0.887. The molecule has 9 heteroatoms. The molecule has 0 aliphatic carbocycles. The van der Waals surface area contributed by atoms with Crippen LogP contribution >= 0.6 is 0 Å². The Morgan fingerprint density at radius 2 is 1.69 bits per heavy atom. The van der Waals surface area contributed by atoms with E-state index in [0.717, 1.165) is 24.1 Å². The van der Waals surface area contributed by atoms with Gasteiger partial charge < -0.3 is 25.6 Å². The van der Waals surface area contributed by atoms with E-state index in [1.54, 1.807) is 29.0 Å². The van der Waals surface area contributed by atoms with E-state index < -0.39 is 5.91 Å². The highest BCUT2D eigenvalue weighted by molar-refractivity contribution is 6.44. The zero-order chi connectivity index (χ0) is 25.1. The fraction of sp³-hybridized carbons (Fsp3) is 0.308. The number of aryl methyl sites for hydroxylation is 1. The van der Waals surface area contributed by atoms with Crippen LogP contribution in [0.5, 0.6) is 5.75 Å². The van der Waals surface area contributed by atoms with Gasteiger partial charge in [0.2, 0.25) is 5.91 Å². The Morgan fingerprint density at radius 3 is 2.29 bits per heavy atom. The predicted molar refractivity (Wildman–Crippen MR) is 135 cm³/mol. The van der Waals surface area contributed by atoms with Gasteiger partial charge in [-0.2, -0.15) is 0 Å². The van der Waals surface area contributed by atoms with E-state index in [9.17, 15) is 14.4 Å². The van der Waals surface area contributed by atoms with Crippen LogP contribution in [0.3, 0.4) is 0 Å². The molecule has 2 aromatic carbocycles. The van der Waals surface area contributed by atoms with Crippen LogP contribution in [0.1, 0.15) is 31.2 Å². The van der Waals surface area contributed by atoms with Crippen LogP contribution in [-0.4, -0.2) is 43.6 Å². The summed E-state index contributed by atoms with van der Waals surface area (Å²) in [5.41, 5.74) is 8.39. The van der Waals surface area contributed by atoms with Gasteiger partial charge in [0.15, 0.2) is 0 Å². The largest absolute Gasteiger partial charge is 0.497 e. The van der Waals surface area contributed by atoms with E-state index in [-0.39, 0.29) is 35.2 Å². The molecule has 4 N–H and O–H groups in total. The average molecular weight is 476 g/mol. The molecule has 4 rings (SSSR count). The molecule has 2 aliphatic heterocycles. The van der Waals surface area contributed by atoms with Gasteiger partial charge >= 0.3 is 0 Å². The Hall–Kier alpha value is -4.14. The summed E-state index contributed by atoms with van der Waals surface area (Å²) >= 11 is 0. The van der Waals surface area contributed by atoms with Crippen LogP contribution < -0.4 is 25.6 Å². The third-order valence-electron chi connectivity index (χ3n) is 6.38. The molecule has 1 fully saturated rings. The van der Waals surface area contributed by atoms with Gasteiger partial charge in [-0.25, -0.2) is 0 Å². The number of benzene rings is 2. The lowest BCUT2D eigenvalue weighted by Gasteiger charge is -2.32. The molecule has 0 aromatic heterocycles. The zero-order valence-corrected chi connectivity index (χ0v) is 19.9. The van der Waals surface area contributed by atoms with Gasteiger partial charge in [0.25, 0.3) is 11.8 Å². The molecule has 3 amide bonds. The minimum Gasteiger partial charge on any atom is -0.497 e. The highest BCUT2D eigenvalue weighted by atomic mass is 16.5. The molecule has 2 aliphatic rings. The molecule has 0 unspecified atom stereocenters. The quantitative estimate of drug-likeness (QED) is 0.530. The summed E-state index contributed by atoms with van der Waals surface area (Å²) < 4.78 is 5.25. The molecule has 0 atom stereocenters. The van der Waals surface area contributed by atoms with Crippen molar-refractivity contribution in [3.05, 3.63) is 59.3 Å². The van der Waals surface area contributed by atoms with Crippen molar-refractivity contribution in [2.75, 3.05) is 35.3 Å². The Balaban J connectivity index is 1.64. The average Bonchev–Trinajstić information content (AvgIpc) is 2.86. The first-order valence-electron chi connectivity index (χ1n) is 11.6. The van der Waals surface area contributed by atoms with Crippen LogP contribution in [0.2, 0.25) is 0 Å². The lowest BCUT2D eigenvalue weighted by Crippen LogP contribution is -2.42. The predicted octanol–water partition coefficient (Wildman–Crippen LogP) is 3.13. The second-order valence-electron chi connectivity index (χ2n) is 8.62. The van der Waals surface area contributed by atoms with Gasteiger partial charge in [-0.05, 0) is 74.2 Å². The number of primary amides is 1. The topological polar surface area (TPSA) is 129 Å². The number of ether oxygens (including phenoxy) is 1. The van der Waals surface area contributed by atoms with Gasteiger partial charge in [-0.1, -0.05) is 0 Å². The minimum absolute atomic E-state index is 0.108. The number of piperidine rings is 1. The maximum atomic E-state index is 13.6. The summed E-state index contributed by atoms with van der Waals surface area (Å²) in [6, 6.07) is 12.7. The lowest BCUT2D eigenvalue weighted by atomic mass is 9.98. The first-order chi connectivity index (χ1) is 16.8. The number of nitrogens with one attached hydrogen (secondary N) is 2. The van der Waals surface area contributed by atoms with Crippen molar-refractivity contribution in [2.45, 2.75) is 32.6 Å². The fourth-order valence-corrected chi connectivity index (χ4v) is 4.42. The van der Waals surface area contributed by atoms with Gasteiger partial charge in [0.05, 0.1) is 7.11 Å². The molecule has 0 radical (unpaired) electrons. The van der Waals surface area contributed by atoms with Crippen molar-refractivity contribution in [2.24, 2.45) is 5.73 Å². The number of rotatable bonds is 7. The molecule has 0 saturated carbocycles. The first-order valence-corrected chi connectivity index (χ1v) is 11.6. The van der Waals surface area contributed by atoms with Crippen LogP contribution in [0.15, 0.2) is 53.7 Å². The Labute approximate surface area is 204 Å². The van der Waals surface area contributed by atoms with E-state index in [0.29, 0.717) is 36.6 Å². The maximum absolute atomic E-state index is 13.6. The maximum Gasteiger partial charge on any atom is 0.275 e. The van der Waals surface area contributed by atoms with E-state index >= 15 is 0 Å². The van der Waals surface area contributed by atoms with E-state index in [2.05, 4.69) is 5.32 Å². The molecule has 182 valence electrons. The second kappa shape index (κ2) is 10.0. The highest BCUT2D eigenvalue weighted by Gasteiger charge is 2.32. The molecule has 2 aromatic rings. The third-order valence-corrected chi connectivity index (χ3v) is 6.38. The normalized spacial score (nSPS) is 16.4. The van der Waals surface area contributed by atoms with Crippen LogP contribution in [-0.2, 0) is 14.4 Å². The number of carbonyl (C=O) groups is 3. The molecule has 35 heavy (non-hydrogen) atoms. The standard InChI is InChI=1S/C26H29N5O4/c1-16-15-19(35-2)10-11-21(16)29-24-20(23(27)25(28)33)12-14-31(26(24)34)18-8-6-17(7-9-18)30-13-4-3-5-22(30)32/h6-11,15,27,29H,3-5,12-14H2,1-2H3,(H2,28,33). The molecule has 1 saturated heterocycles. The SMILES string of the molecule is COc1ccc(NC2=C(C(=N)C(N)=O)CCN(c3ccc(N4CCCCC4=O)cc3)C2=O)c(C)c1. The van der Waals surface area contributed by atoms with Crippen LogP contribution in [0.4, 0.5) is 17.1 Å². The summed E-state index contributed by atoms with van der Waals surface area (Å²) in [6.45, 7) is 2.85. The van der Waals surface area contributed by atoms with Crippen molar-refractivity contribution in [3.8, 4) is 5.75 Å². The summed E-state index contributed by atoms with van der Waals surface area (Å²) in [6.07, 6.45) is 2.72. The number of hydrogen-bond acceptors (Lipinski definition) is 6.